The molecule has 19 heavy (non-hydrogen) atoms. The topological polar surface area (TPSA) is 81.8 Å². The summed E-state index contributed by atoms with van der Waals surface area (Å²) >= 11 is 0. The van der Waals surface area contributed by atoms with E-state index >= 15 is 0 Å². The minimum absolute atomic E-state index is 0.673. The molecule has 3 N–H and O–H groups in total. The summed E-state index contributed by atoms with van der Waals surface area (Å²) in [6, 6.07) is 0. The van der Waals surface area contributed by atoms with E-state index < -0.39 is 0 Å². The average molecular weight is 261 g/mol. The van der Waals surface area contributed by atoms with E-state index in [1.165, 1.54) is 0 Å². The smallest absolute Gasteiger partial charge is 0.226 e. The van der Waals surface area contributed by atoms with Crippen molar-refractivity contribution in [2.75, 3.05) is 42.9 Å². The minimum Gasteiger partial charge on any atom is -0.354 e. The van der Waals surface area contributed by atoms with Gasteiger partial charge in [0.1, 0.15) is 5.82 Å². The molecule has 0 aromatic carbocycles. The molecule has 0 radical (unpaired) electrons. The van der Waals surface area contributed by atoms with E-state index in [1.807, 2.05) is 0 Å². The van der Waals surface area contributed by atoms with Gasteiger partial charge in [0, 0.05) is 32.7 Å². The normalized spacial score (nSPS) is 15.9. The first-order valence-corrected chi connectivity index (χ1v) is 6.79. The Bertz CT molecular complexity index is 544. The van der Waals surface area contributed by atoms with Gasteiger partial charge in [0.15, 0.2) is 5.65 Å². The van der Waals surface area contributed by atoms with Gasteiger partial charge in [-0.2, -0.15) is 15.1 Å². The number of hydrogen-bond donors (Lipinski definition) is 3. The average Bonchev–Trinajstić information content (AvgIpc) is 2.93. The van der Waals surface area contributed by atoms with Gasteiger partial charge in [-0.05, 0) is 6.42 Å². The second-order valence-electron chi connectivity index (χ2n) is 4.67. The molecule has 0 amide bonds. The number of rotatable bonds is 4. The zero-order valence-electron chi connectivity index (χ0n) is 11.1. The lowest BCUT2D eigenvalue weighted by molar-refractivity contribution is 0.586. The van der Waals surface area contributed by atoms with Crippen LogP contribution in [0.4, 0.5) is 11.8 Å². The molecule has 0 saturated carbocycles. The SMILES string of the molecule is CCCNc1nc(N2CCNCC2)c2cn[nH]c2n1. The molecule has 7 nitrogen and oxygen atoms in total. The van der Waals surface area contributed by atoms with Crippen LogP contribution in [0.15, 0.2) is 6.20 Å². The van der Waals surface area contributed by atoms with Crippen LogP contribution in [0.5, 0.6) is 0 Å². The van der Waals surface area contributed by atoms with Crippen molar-refractivity contribution in [3.63, 3.8) is 0 Å². The van der Waals surface area contributed by atoms with Gasteiger partial charge >= 0.3 is 0 Å². The van der Waals surface area contributed by atoms with Gasteiger partial charge in [0.25, 0.3) is 0 Å². The number of hydrogen-bond acceptors (Lipinski definition) is 6. The van der Waals surface area contributed by atoms with E-state index in [4.69, 9.17) is 0 Å². The highest BCUT2D eigenvalue weighted by molar-refractivity contribution is 5.87. The lowest BCUT2D eigenvalue weighted by Crippen LogP contribution is -2.44. The van der Waals surface area contributed by atoms with Crippen molar-refractivity contribution >= 4 is 22.8 Å². The maximum Gasteiger partial charge on any atom is 0.226 e. The highest BCUT2D eigenvalue weighted by Gasteiger charge is 2.17. The van der Waals surface area contributed by atoms with Crippen LogP contribution in [0.25, 0.3) is 11.0 Å². The summed E-state index contributed by atoms with van der Waals surface area (Å²) in [5, 5.41) is 14.6. The fourth-order valence-corrected chi connectivity index (χ4v) is 2.25. The fourth-order valence-electron chi connectivity index (χ4n) is 2.25. The number of anilines is 2. The van der Waals surface area contributed by atoms with Crippen molar-refractivity contribution < 1.29 is 0 Å². The van der Waals surface area contributed by atoms with E-state index in [-0.39, 0.29) is 0 Å². The van der Waals surface area contributed by atoms with Crippen LogP contribution in [0.3, 0.4) is 0 Å². The third-order valence-corrected chi connectivity index (χ3v) is 3.24. The number of nitrogens with one attached hydrogen (secondary N) is 3. The third kappa shape index (κ3) is 2.46. The Kier molecular flexibility index (Phi) is 3.45. The first-order chi connectivity index (χ1) is 9.38. The summed E-state index contributed by atoms with van der Waals surface area (Å²) in [6.07, 6.45) is 2.85. The zero-order valence-corrected chi connectivity index (χ0v) is 11.1. The Hall–Kier alpha value is -1.89. The summed E-state index contributed by atoms with van der Waals surface area (Å²) < 4.78 is 0. The molecule has 0 unspecified atom stereocenters. The molecule has 1 aliphatic heterocycles. The summed E-state index contributed by atoms with van der Waals surface area (Å²) in [5.74, 6) is 1.64. The van der Waals surface area contributed by atoms with Crippen LogP contribution in [0.2, 0.25) is 0 Å². The Morgan fingerprint density at radius 2 is 2.16 bits per heavy atom. The van der Waals surface area contributed by atoms with Crippen LogP contribution in [0, 0.1) is 0 Å². The molecule has 102 valence electrons. The summed E-state index contributed by atoms with van der Waals surface area (Å²) in [5.41, 5.74) is 0.794. The molecule has 3 rings (SSSR count). The van der Waals surface area contributed by atoms with E-state index in [0.29, 0.717) is 5.95 Å². The molecule has 2 aromatic rings. The number of fused-ring (bicyclic) bond motifs is 1. The standard InChI is InChI=1S/C12H19N7/c1-2-3-14-12-16-10-9(8-15-18-10)11(17-12)19-6-4-13-5-7-19/h8,13H,2-7H2,1H3,(H2,14,15,16,17,18). The fraction of sp³-hybridized carbons (Fsp3) is 0.583. The third-order valence-electron chi connectivity index (χ3n) is 3.24. The van der Waals surface area contributed by atoms with Gasteiger partial charge in [-0.15, -0.1) is 0 Å². The molecule has 1 saturated heterocycles. The molecular weight excluding hydrogens is 242 g/mol. The second-order valence-corrected chi connectivity index (χ2v) is 4.67. The highest BCUT2D eigenvalue weighted by Crippen LogP contribution is 2.24. The van der Waals surface area contributed by atoms with Gasteiger partial charge in [-0.25, -0.2) is 0 Å². The predicted octanol–water partition coefficient (Wildman–Crippen LogP) is 0.584. The molecule has 1 aliphatic rings. The Morgan fingerprint density at radius 3 is 2.95 bits per heavy atom. The van der Waals surface area contributed by atoms with Gasteiger partial charge in [0.05, 0.1) is 11.6 Å². The van der Waals surface area contributed by atoms with Crippen LogP contribution < -0.4 is 15.5 Å². The van der Waals surface area contributed by atoms with Crippen molar-refractivity contribution in [1.29, 1.82) is 0 Å². The number of piperazine rings is 1. The molecule has 0 atom stereocenters. The van der Waals surface area contributed by atoms with Gasteiger partial charge in [0.2, 0.25) is 5.95 Å². The monoisotopic (exact) mass is 261 g/mol. The predicted molar refractivity (Wildman–Crippen MR) is 75.5 cm³/mol. The minimum atomic E-state index is 0.673. The second kappa shape index (κ2) is 5.40. The van der Waals surface area contributed by atoms with Crippen molar-refractivity contribution in [3.8, 4) is 0 Å². The van der Waals surface area contributed by atoms with Gasteiger partial charge in [-0.3, -0.25) is 5.10 Å². The van der Waals surface area contributed by atoms with Crippen LogP contribution in [0.1, 0.15) is 13.3 Å². The van der Waals surface area contributed by atoms with Crippen molar-refractivity contribution in [1.82, 2.24) is 25.5 Å². The molecular formula is C12H19N7. The van der Waals surface area contributed by atoms with Crippen molar-refractivity contribution in [2.45, 2.75) is 13.3 Å². The van der Waals surface area contributed by atoms with Gasteiger partial charge in [-0.1, -0.05) is 6.92 Å². The first kappa shape index (κ1) is 12.2. The molecule has 7 heteroatoms. The summed E-state index contributed by atoms with van der Waals surface area (Å²) in [6.45, 7) is 6.90. The van der Waals surface area contributed by atoms with E-state index in [9.17, 15) is 0 Å². The number of aromatic amines is 1. The van der Waals surface area contributed by atoms with Crippen molar-refractivity contribution in [3.05, 3.63) is 6.20 Å². The van der Waals surface area contributed by atoms with Crippen LogP contribution >= 0.6 is 0 Å². The largest absolute Gasteiger partial charge is 0.354 e. The maximum atomic E-state index is 4.65. The molecule has 0 spiro atoms. The number of aromatic nitrogens is 4. The number of H-pyrrole nitrogens is 1. The molecule has 1 fully saturated rings. The molecule has 0 aliphatic carbocycles. The molecule has 0 bridgehead atoms. The van der Waals surface area contributed by atoms with E-state index in [1.54, 1.807) is 6.20 Å². The molecule has 3 heterocycles. The Morgan fingerprint density at radius 1 is 1.32 bits per heavy atom. The van der Waals surface area contributed by atoms with Crippen LogP contribution in [-0.2, 0) is 0 Å². The summed E-state index contributed by atoms with van der Waals surface area (Å²) in [7, 11) is 0. The lowest BCUT2D eigenvalue weighted by atomic mass is 10.3. The zero-order chi connectivity index (χ0) is 13.1. The van der Waals surface area contributed by atoms with Gasteiger partial charge < -0.3 is 15.5 Å². The maximum absolute atomic E-state index is 4.65. The highest BCUT2D eigenvalue weighted by atomic mass is 15.3. The quantitative estimate of drug-likeness (QED) is 0.747. The van der Waals surface area contributed by atoms with E-state index in [0.717, 1.165) is 56.0 Å². The van der Waals surface area contributed by atoms with Crippen LogP contribution in [-0.4, -0.2) is 52.9 Å². The molecule has 2 aromatic heterocycles. The summed E-state index contributed by atoms with van der Waals surface area (Å²) in [4.78, 5) is 11.4. The van der Waals surface area contributed by atoms with E-state index in [2.05, 4.69) is 42.6 Å². The van der Waals surface area contributed by atoms with Crippen molar-refractivity contribution in [2.24, 2.45) is 0 Å². The Labute approximate surface area is 111 Å². The lowest BCUT2D eigenvalue weighted by Gasteiger charge is -2.28. The Balaban J connectivity index is 1.97. The number of nitrogens with zero attached hydrogens (tertiary/aromatic N) is 4. The first-order valence-electron chi connectivity index (χ1n) is 6.79.